The van der Waals surface area contributed by atoms with Crippen LogP contribution in [0, 0.1) is 6.92 Å². The predicted octanol–water partition coefficient (Wildman–Crippen LogP) is 5.16. The van der Waals surface area contributed by atoms with Crippen molar-refractivity contribution in [3.8, 4) is 0 Å². The molecule has 1 aliphatic heterocycles. The van der Waals surface area contributed by atoms with Gasteiger partial charge in [-0.3, -0.25) is 4.79 Å². The van der Waals surface area contributed by atoms with Crippen LogP contribution >= 0.6 is 11.6 Å². The zero-order chi connectivity index (χ0) is 22.7. The van der Waals surface area contributed by atoms with Crippen molar-refractivity contribution >= 4 is 46.0 Å². The standard InChI is InChI=1S/C26H29ClN4O/c1-4-19-5-6-20(23(27)16-19)7-10-26(32)28-21-8-9-24-22(17-21)18(2)15-25(29-24)31-13-11-30(3)12-14-31/h5-10,15-17H,4,11-14H2,1-3H3,(H,28,32)/b10-7+. The number of pyridine rings is 1. The molecule has 3 aromatic rings. The first-order valence-corrected chi connectivity index (χ1v) is 11.4. The van der Waals surface area contributed by atoms with Crippen LogP contribution in [0.3, 0.4) is 0 Å². The Hall–Kier alpha value is -2.89. The van der Waals surface area contributed by atoms with Crippen LogP contribution in [-0.2, 0) is 11.2 Å². The number of aryl methyl sites for hydroxylation is 2. The molecule has 2 aromatic carbocycles. The summed E-state index contributed by atoms with van der Waals surface area (Å²) in [7, 11) is 2.15. The van der Waals surface area contributed by atoms with Crippen LogP contribution in [-0.4, -0.2) is 49.0 Å². The zero-order valence-electron chi connectivity index (χ0n) is 18.9. The number of nitrogens with zero attached hydrogens (tertiary/aromatic N) is 3. The van der Waals surface area contributed by atoms with E-state index in [0.29, 0.717) is 5.02 Å². The van der Waals surface area contributed by atoms with Gasteiger partial charge < -0.3 is 15.1 Å². The van der Waals surface area contributed by atoms with Crippen LogP contribution in [0.15, 0.2) is 48.5 Å². The van der Waals surface area contributed by atoms with Crippen molar-refractivity contribution < 1.29 is 4.79 Å². The minimum Gasteiger partial charge on any atom is -0.354 e. The summed E-state index contributed by atoms with van der Waals surface area (Å²) in [4.78, 5) is 22.0. The third kappa shape index (κ3) is 5.12. The number of piperazine rings is 1. The van der Waals surface area contributed by atoms with E-state index in [9.17, 15) is 4.79 Å². The molecule has 5 nitrogen and oxygen atoms in total. The number of halogens is 1. The lowest BCUT2D eigenvalue weighted by Crippen LogP contribution is -2.44. The van der Waals surface area contributed by atoms with Gasteiger partial charge in [0.2, 0.25) is 5.91 Å². The molecule has 0 saturated carbocycles. The van der Waals surface area contributed by atoms with Gasteiger partial charge >= 0.3 is 0 Å². The number of carbonyl (C=O) groups is 1. The number of benzene rings is 2. The second-order valence-electron chi connectivity index (χ2n) is 8.35. The van der Waals surface area contributed by atoms with Crippen molar-refractivity contribution in [1.82, 2.24) is 9.88 Å². The fraction of sp³-hybridized carbons (Fsp3) is 0.308. The van der Waals surface area contributed by atoms with E-state index in [-0.39, 0.29) is 5.91 Å². The summed E-state index contributed by atoms with van der Waals surface area (Å²) in [6.07, 6.45) is 4.18. The van der Waals surface area contributed by atoms with Gasteiger partial charge in [0.15, 0.2) is 0 Å². The number of amides is 1. The third-order valence-corrected chi connectivity index (χ3v) is 6.31. The molecule has 1 amide bonds. The molecule has 6 heteroatoms. The van der Waals surface area contributed by atoms with Crippen molar-refractivity contribution in [2.75, 3.05) is 43.4 Å². The van der Waals surface area contributed by atoms with Gasteiger partial charge in [-0.2, -0.15) is 0 Å². The summed E-state index contributed by atoms with van der Waals surface area (Å²) in [5, 5.41) is 4.64. The minimum absolute atomic E-state index is 0.195. The van der Waals surface area contributed by atoms with E-state index in [2.05, 4.69) is 42.1 Å². The maximum atomic E-state index is 12.5. The number of fused-ring (bicyclic) bond motifs is 1. The van der Waals surface area contributed by atoms with Crippen LogP contribution in [0.5, 0.6) is 0 Å². The Morgan fingerprint density at radius 1 is 1.12 bits per heavy atom. The summed E-state index contributed by atoms with van der Waals surface area (Å²) in [6.45, 7) is 8.25. The van der Waals surface area contributed by atoms with E-state index >= 15 is 0 Å². The first-order chi connectivity index (χ1) is 15.4. The Bertz CT molecular complexity index is 1170. The number of aromatic nitrogens is 1. The smallest absolute Gasteiger partial charge is 0.248 e. The highest BCUT2D eigenvalue weighted by molar-refractivity contribution is 6.32. The Morgan fingerprint density at radius 3 is 2.62 bits per heavy atom. The normalized spacial score (nSPS) is 14.9. The number of hydrogen-bond donors (Lipinski definition) is 1. The largest absolute Gasteiger partial charge is 0.354 e. The topological polar surface area (TPSA) is 48.5 Å². The molecule has 1 aromatic heterocycles. The van der Waals surface area contributed by atoms with Gasteiger partial charge in [-0.05, 0) is 73.5 Å². The molecule has 0 atom stereocenters. The number of hydrogen-bond acceptors (Lipinski definition) is 4. The van der Waals surface area contributed by atoms with Crippen LogP contribution in [0.4, 0.5) is 11.5 Å². The molecule has 1 aliphatic rings. The number of nitrogens with one attached hydrogen (secondary N) is 1. The molecule has 1 fully saturated rings. The molecular formula is C26H29ClN4O. The van der Waals surface area contributed by atoms with Crippen molar-refractivity contribution in [3.63, 3.8) is 0 Å². The van der Waals surface area contributed by atoms with Gasteiger partial charge in [-0.15, -0.1) is 0 Å². The highest BCUT2D eigenvalue weighted by atomic mass is 35.5. The van der Waals surface area contributed by atoms with Crippen LogP contribution < -0.4 is 10.2 Å². The Kier molecular flexibility index (Phi) is 6.77. The maximum absolute atomic E-state index is 12.5. The molecular weight excluding hydrogens is 420 g/mol. The van der Waals surface area contributed by atoms with Crippen LogP contribution in [0.2, 0.25) is 5.02 Å². The summed E-state index contributed by atoms with van der Waals surface area (Å²) in [5.41, 5.74) is 4.84. The molecule has 166 valence electrons. The molecule has 0 unspecified atom stereocenters. The van der Waals surface area contributed by atoms with Gasteiger partial charge in [-0.1, -0.05) is 30.7 Å². The molecule has 2 heterocycles. The lowest BCUT2D eigenvalue weighted by Gasteiger charge is -2.33. The summed E-state index contributed by atoms with van der Waals surface area (Å²) >= 11 is 6.31. The Morgan fingerprint density at radius 2 is 1.91 bits per heavy atom. The van der Waals surface area contributed by atoms with Crippen LogP contribution in [0.1, 0.15) is 23.6 Å². The monoisotopic (exact) mass is 448 g/mol. The minimum atomic E-state index is -0.195. The van der Waals surface area contributed by atoms with Gasteiger partial charge in [0.25, 0.3) is 0 Å². The third-order valence-electron chi connectivity index (χ3n) is 5.98. The van der Waals surface area contributed by atoms with Crippen LogP contribution in [0.25, 0.3) is 17.0 Å². The van der Waals surface area contributed by atoms with E-state index in [1.807, 2.05) is 36.4 Å². The highest BCUT2D eigenvalue weighted by Gasteiger charge is 2.16. The average Bonchev–Trinajstić information content (AvgIpc) is 2.79. The quantitative estimate of drug-likeness (QED) is 0.547. The number of carbonyl (C=O) groups excluding carboxylic acids is 1. The molecule has 32 heavy (non-hydrogen) atoms. The number of rotatable bonds is 5. The second-order valence-corrected chi connectivity index (χ2v) is 8.76. The van der Waals surface area contributed by atoms with E-state index in [4.69, 9.17) is 16.6 Å². The molecule has 4 rings (SSSR count). The fourth-order valence-corrected chi connectivity index (χ4v) is 4.19. The van der Waals surface area contributed by atoms with Crippen molar-refractivity contribution in [3.05, 3.63) is 70.3 Å². The van der Waals surface area contributed by atoms with Gasteiger partial charge in [0.1, 0.15) is 5.82 Å². The highest BCUT2D eigenvalue weighted by Crippen LogP contribution is 2.26. The lowest BCUT2D eigenvalue weighted by molar-refractivity contribution is -0.111. The number of anilines is 2. The molecule has 0 radical (unpaired) electrons. The Labute approximate surface area is 194 Å². The number of likely N-dealkylation sites (N-methyl/N-ethyl adjacent to an activating group) is 1. The maximum Gasteiger partial charge on any atom is 0.248 e. The van der Waals surface area contributed by atoms with Crippen molar-refractivity contribution in [1.29, 1.82) is 0 Å². The van der Waals surface area contributed by atoms with Gasteiger partial charge in [0.05, 0.1) is 5.52 Å². The summed E-state index contributed by atoms with van der Waals surface area (Å²) in [6, 6.07) is 13.9. The Balaban J connectivity index is 1.48. The average molecular weight is 449 g/mol. The first-order valence-electron chi connectivity index (χ1n) is 11.1. The first kappa shape index (κ1) is 22.3. The molecule has 1 N–H and O–H groups in total. The van der Waals surface area contributed by atoms with Crippen molar-refractivity contribution in [2.24, 2.45) is 0 Å². The molecule has 0 aliphatic carbocycles. The zero-order valence-corrected chi connectivity index (χ0v) is 19.6. The molecule has 0 spiro atoms. The van der Waals surface area contributed by atoms with Crippen molar-refractivity contribution in [2.45, 2.75) is 20.3 Å². The van der Waals surface area contributed by atoms with Gasteiger partial charge in [0, 0.05) is 48.4 Å². The molecule has 0 bridgehead atoms. The molecule has 1 saturated heterocycles. The van der Waals surface area contributed by atoms with Gasteiger partial charge in [-0.25, -0.2) is 4.98 Å². The van der Waals surface area contributed by atoms with E-state index in [0.717, 1.165) is 66.1 Å². The second kappa shape index (κ2) is 9.72. The fourth-order valence-electron chi connectivity index (χ4n) is 3.93. The summed E-state index contributed by atoms with van der Waals surface area (Å²) < 4.78 is 0. The SMILES string of the molecule is CCc1ccc(/C=C/C(=O)Nc2ccc3nc(N4CCN(C)CC4)cc(C)c3c2)c(Cl)c1. The summed E-state index contributed by atoms with van der Waals surface area (Å²) in [5.74, 6) is 0.827. The van der Waals surface area contributed by atoms with E-state index < -0.39 is 0 Å². The predicted molar refractivity (Wildman–Crippen MR) is 135 cm³/mol. The lowest BCUT2D eigenvalue weighted by atomic mass is 10.1. The van der Waals surface area contributed by atoms with E-state index in [1.54, 1.807) is 6.08 Å². The van der Waals surface area contributed by atoms with E-state index in [1.165, 1.54) is 11.6 Å².